The maximum atomic E-state index is 13.5. The predicted octanol–water partition coefficient (Wildman–Crippen LogP) is 6.17. The molecule has 0 radical (unpaired) electrons. The molecule has 0 spiro atoms. The first kappa shape index (κ1) is 28.1. The van der Waals surface area contributed by atoms with Gasteiger partial charge in [0, 0.05) is 46.7 Å². The summed E-state index contributed by atoms with van der Waals surface area (Å²) in [6, 6.07) is 9.62. The summed E-state index contributed by atoms with van der Waals surface area (Å²) in [5.41, 5.74) is -2.22. The summed E-state index contributed by atoms with van der Waals surface area (Å²) in [6.07, 6.45) is 0.433. The van der Waals surface area contributed by atoms with Crippen LogP contribution in [0.15, 0.2) is 65.6 Å². The van der Waals surface area contributed by atoms with E-state index in [-0.39, 0.29) is 30.1 Å². The topological polar surface area (TPSA) is 60.9 Å². The Morgan fingerprint density at radius 3 is 2.38 bits per heavy atom. The van der Waals surface area contributed by atoms with Gasteiger partial charge in [-0.1, -0.05) is 59.7 Å². The van der Waals surface area contributed by atoms with Crippen molar-refractivity contribution < 1.29 is 26.7 Å². The van der Waals surface area contributed by atoms with Gasteiger partial charge < -0.3 is 10.0 Å². The van der Waals surface area contributed by atoms with Gasteiger partial charge in [0.25, 0.3) is 0 Å². The third kappa shape index (κ3) is 5.46. The fourth-order valence-electron chi connectivity index (χ4n) is 4.36. The smallest absolute Gasteiger partial charge is 0.376 e. The van der Waals surface area contributed by atoms with E-state index in [2.05, 4.69) is 0 Å². The first-order valence-corrected chi connectivity index (χ1v) is 13.9. The van der Waals surface area contributed by atoms with Gasteiger partial charge in [0.1, 0.15) is 0 Å². The largest absolute Gasteiger partial charge is 0.421 e. The quantitative estimate of drug-likeness (QED) is 0.422. The van der Waals surface area contributed by atoms with Crippen molar-refractivity contribution in [2.24, 2.45) is 0 Å². The zero-order valence-electron chi connectivity index (χ0n) is 19.5. The molecule has 0 aromatic heterocycles. The molecule has 2 aromatic rings. The van der Waals surface area contributed by atoms with Crippen molar-refractivity contribution >= 4 is 56.0 Å². The van der Waals surface area contributed by atoms with Gasteiger partial charge in [-0.25, -0.2) is 8.42 Å². The third-order valence-electron chi connectivity index (χ3n) is 6.55. The van der Waals surface area contributed by atoms with Crippen molar-refractivity contribution in [2.45, 2.75) is 31.2 Å². The van der Waals surface area contributed by atoms with E-state index in [1.165, 1.54) is 34.6 Å². The number of nitrogens with zero attached hydrogens (tertiary/aromatic N) is 2. The van der Waals surface area contributed by atoms with Crippen molar-refractivity contribution in [3.05, 3.63) is 86.8 Å². The van der Waals surface area contributed by atoms with Crippen molar-refractivity contribution in [2.75, 3.05) is 24.5 Å². The van der Waals surface area contributed by atoms with Crippen molar-refractivity contribution in [1.82, 2.24) is 4.31 Å². The van der Waals surface area contributed by atoms with Crippen LogP contribution in [-0.2, 0) is 15.6 Å². The second kappa shape index (κ2) is 10.3. The Morgan fingerprint density at radius 2 is 1.76 bits per heavy atom. The number of rotatable bonds is 5. The van der Waals surface area contributed by atoms with Crippen LogP contribution >= 0.6 is 35.4 Å². The van der Waals surface area contributed by atoms with Crippen LogP contribution in [0.3, 0.4) is 0 Å². The van der Waals surface area contributed by atoms with E-state index >= 15 is 0 Å². The maximum absolute atomic E-state index is 13.5. The summed E-state index contributed by atoms with van der Waals surface area (Å²) < 4.78 is 68.3. The van der Waals surface area contributed by atoms with Gasteiger partial charge in [0.2, 0.25) is 10.0 Å². The van der Waals surface area contributed by atoms with E-state index in [1.807, 2.05) is 4.90 Å². The second-order valence-electron chi connectivity index (χ2n) is 8.94. The molecule has 2 aliphatic rings. The standard InChI is InChI=1S/C25H23Cl2F3N2O3S2/c1-24(33,25(28,29)30)16-6-9-18(10-7-16)32-13-12-31(37(34,35)23-5-3-2-4-22(23)36)15-21(32)19-14-17(26)8-11-20(19)27/h2-3,5-11,14,21,33H,4,12-13,15H2,1H3/t21-,24+/m1/s1. The molecule has 0 bridgehead atoms. The van der Waals surface area contributed by atoms with Crippen LogP contribution in [0.5, 0.6) is 0 Å². The highest BCUT2D eigenvalue weighted by Gasteiger charge is 2.51. The molecule has 1 saturated heterocycles. The van der Waals surface area contributed by atoms with Crippen LogP contribution < -0.4 is 4.90 Å². The first-order chi connectivity index (χ1) is 17.2. The Bertz CT molecular complexity index is 1370. The molecule has 5 nitrogen and oxygen atoms in total. The van der Waals surface area contributed by atoms with E-state index in [4.69, 9.17) is 35.4 Å². The van der Waals surface area contributed by atoms with Crippen LogP contribution in [0.1, 0.15) is 30.5 Å². The molecule has 198 valence electrons. The summed E-state index contributed by atoms with van der Waals surface area (Å²) in [4.78, 5) is 2.27. The van der Waals surface area contributed by atoms with Crippen LogP contribution in [-0.4, -0.2) is 48.5 Å². The molecule has 2 aromatic carbocycles. The van der Waals surface area contributed by atoms with Gasteiger partial charge >= 0.3 is 6.18 Å². The highest BCUT2D eigenvalue weighted by molar-refractivity contribution is 7.96. The molecule has 1 aliphatic carbocycles. The van der Waals surface area contributed by atoms with Crippen LogP contribution in [0.2, 0.25) is 10.0 Å². The average Bonchev–Trinajstić information content (AvgIpc) is 2.84. The Morgan fingerprint density at radius 1 is 1.08 bits per heavy atom. The molecule has 12 heteroatoms. The number of thiocarbonyl (C=S) groups is 1. The van der Waals surface area contributed by atoms with Gasteiger partial charge in [0.15, 0.2) is 5.60 Å². The minimum atomic E-state index is -4.85. The zero-order valence-corrected chi connectivity index (χ0v) is 22.7. The SMILES string of the molecule is C[C@](O)(c1ccc(N2CCN(S(=O)(=O)C3=CC=CCC3=S)C[C@@H]2c2cc(Cl)ccc2Cl)cc1)C(F)(F)F. The Hall–Kier alpha value is -1.95. The Balaban J connectivity index is 1.72. The number of hydrogen-bond donors (Lipinski definition) is 1. The summed E-state index contributed by atoms with van der Waals surface area (Å²) in [6.45, 7) is 1.04. The minimum Gasteiger partial charge on any atom is -0.376 e. The molecular weight excluding hydrogens is 568 g/mol. The van der Waals surface area contributed by atoms with E-state index < -0.39 is 27.8 Å². The number of allylic oxidation sites excluding steroid dienone is 4. The molecule has 0 unspecified atom stereocenters. The van der Waals surface area contributed by atoms with Gasteiger partial charge in [-0.05, 0) is 54.5 Å². The number of halogens is 5. The fourth-order valence-corrected chi connectivity index (χ4v) is 6.82. The van der Waals surface area contributed by atoms with Gasteiger partial charge in [-0.15, -0.1) is 0 Å². The van der Waals surface area contributed by atoms with Crippen LogP contribution in [0.25, 0.3) is 0 Å². The highest BCUT2D eigenvalue weighted by Crippen LogP contribution is 2.41. The van der Waals surface area contributed by atoms with Crippen LogP contribution in [0, 0.1) is 0 Å². The zero-order chi connectivity index (χ0) is 27.2. The molecule has 2 atom stereocenters. The van der Waals surface area contributed by atoms with Crippen molar-refractivity contribution in [1.29, 1.82) is 0 Å². The van der Waals surface area contributed by atoms with Crippen molar-refractivity contribution in [3.8, 4) is 0 Å². The summed E-state index contributed by atoms with van der Waals surface area (Å²) >= 11 is 18.0. The molecule has 37 heavy (non-hydrogen) atoms. The number of alkyl halides is 3. The lowest BCUT2D eigenvalue weighted by Crippen LogP contribution is -2.51. The number of hydrogen-bond acceptors (Lipinski definition) is 5. The minimum absolute atomic E-state index is 0.00802. The van der Waals surface area contributed by atoms with Gasteiger partial charge in [0.05, 0.1) is 10.9 Å². The second-order valence-corrected chi connectivity index (χ2v) is 12.2. The maximum Gasteiger partial charge on any atom is 0.421 e. The molecule has 1 fully saturated rings. The van der Waals surface area contributed by atoms with E-state index in [0.717, 1.165) is 0 Å². The normalized spacial score (nSPS) is 21.1. The lowest BCUT2D eigenvalue weighted by Gasteiger charge is -2.43. The lowest BCUT2D eigenvalue weighted by molar-refractivity contribution is -0.258. The van der Waals surface area contributed by atoms with Crippen molar-refractivity contribution in [3.63, 3.8) is 0 Å². The fraction of sp³-hybridized carbons (Fsp3) is 0.320. The van der Waals surface area contributed by atoms with E-state index in [1.54, 1.807) is 30.4 Å². The summed E-state index contributed by atoms with van der Waals surface area (Å²) in [7, 11) is -3.91. The van der Waals surface area contributed by atoms with Gasteiger partial charge in [-0.2, -0.15) is 17.5 Å². The van der Waals surface area contributed by atoms with Gasteiger partial charge in [-0.3, -0.25) is 0 Å². The monoisotopic (exact) mass is 590 g/mol. The third-order valence-corrected chi connectivity index (χ3v) is 9.60. The van der Waals surface area contributed by atoms with E-state index in [9.17, 15) is 26.7 Å². The predicted molar refractivity (Wildman–Crippen MR) is 144 cm³/mol. The summed E-state index contributed by atoms with van der Waals surface area (Å²) in [5.74, 6) is 0. The number of anilines is 1. The molecule has 1 N–H and O–H groups in total. The first-order valence-electron chi connectivity index (χ1n) is 11.2. The molecule has 4 rings (SSSR count). The molecule has 0 amide bonds. The molecule has 1 aliphatic heterocycles. The Kier molecular flexibility index (Phi) is 7.82. The number of benzene rings is 2. The number of aliphatic hydroxyl groups is 1. The number of piperazine rings is 1. The Labute approximate surface area is 228 Å². The van der Waals surface area contributed by atoms with Crippen LogP contribution in [0.4, 0.5) is 18.9 Å². The lowest BCUT2D eigenvalue weighted by atomic mass is 9.94. The molecule has 1 heterocycles. The molecule has 0 saturated carbocycles. The number of sulfonamides is 1. The summed E-state index contributed by atoms with van der Waals surface area (Å²) in [5, 5.41) is 10.8. The van der Waals surface area contributed by atoms with E-state index in [0.29, 0.717) is 39.5 Å². The average molecular weight is 592 g/mol. The highest BCUT2D eigenvalue weighted by atomic mass is 35.5. The molecular formula is C25H23Cl2F3N2O3S2.